The number of fused-ring (bicyclic) bond motifs is 1. The van der Waals surface area contributed by atoms with Crippen LogP contribution in [0.4, 0.5) is 11.5 Å². The second-order valence-electron chi connectivity index (χ2n) is 12.6. The molecule has 230 valence electrons. The van der Waals surface area contributed by atoms with Crippen LogP contribution < -0.4 is 15.5 Å². The summed E-state index contributed by atoms with van der Waals surface area (Å²) in [5.41, 5.74) is 5.66. The van der Waals surface area contributed by atoms with Crippen LogP contribution in [0, 0.1) is 17.2 Å². The van der Waals surface area contributed by atoms with Gasteiger partial charge in [-0.25, -0.2) is 4.98 Å². The van der Waals surface area contributed by atoms with Crippen molar-refractivity contribution in [3.05, 3.63) is 77.5 Å². The van der Waals surface area contributed by atoms with E-state index >= 15 is 0 Å². The number of amides is 1. The topological polar surface area (TPSA) is 107 Å². The van der Waals surface area contributed by atoms with Gasteiger partial charge in [0.1, 0.15) is 24.0 Å². The standard InChI is InChI=1S/C36H43N5O3/c1-23(2)17-33(36(43)44-30-7-5-6-8-30)38-21-26-9-12-28(13-10-26)29-14-15-34-31(19-29)32(18-24(3)41(34)25(4)42)40-35-16-11-27(20-37)22-39-35/h9-16,19,22-24,30,32-33,38H,5-8,17-18,21H2,1-4H3,(H,39,40)/t24-,32+,33-/m0/s1. The van der Waals surface area contributed by atoms with E-state index in [0.29, 0.717) is 23.8 Å². The maximum atomic E-state index is 12.9. The molecule has 8 nitrogen and oxygen atoms in total. The van der Waals surface area contributed by atoms with Gasteiger partial charge < -0.3 is 20.3 Å². The van der Waals surface area contributed by atoms with Gasteiger partial charge in [0.25, 0.3) is 0 Å². The molecule has 2 aliphatic rings. The van der Waals surface area contributed by atoms with Gasteiger partial charge in [-0.1, -0.05) is 44.2 Å². The number of nitriles is 1. The fraction of sp³-hybridized carbons (Fsp3) is 0.444. The van der Waals surface area contributed by atoms with E-state index in [1.807, 2.05) is 17.0 Å². The van der Waals surface area contributed by atoms with Crippen molar-refractivity contribution in [2.75, 3.05) is 10.2 Å². The highest BCUT2D eigenvalue weighted by molar-refractivity contribution is 5.94. The summed E-state index contributed by atoms with van der Waals surface area (Å²) in [4.78, 5) is 31.8. The Morgan fingerprint density at radius 3 is 2.43 bits per heavy atom. The zero-order valence-corrected chi connectivity index (χ0v) is 26.2. The summed E-state index contributed by atoms with van der Waals surface area (Å²) in [7, 11) is 0. The van der Waals surface area contributed by atoms with E-state index in [4.69, 9.17) is 10.00 Å². The summed E-state index contributed by atoms with van der Waals surface area (Å²) in [5.74, 6) is 0.947. The number of hydrogen-bond acceptors (Lipinski definition) is 7. The number of anilines is 2. The van der Waals surface area contributed by atoms with Crippen molar-refractivity contribution in [1.82, 2.24) is 10.3 Å². The van der Waals surface area contributed by atoms with Gasteiger partial charge in [0.15, 0.2) is 0 Å². The minimum Gasteiger partial charge on any atom is -0.461 e. The van der Waals surface area contributed by atoms with Gasteiger partial charge in [-0.3, -0.25) is 9.59 Å². The van der Waals surface area contributed by atoms with Gasteiger partial charge in [0, 0.05) is 31.4 Å². The summed E-state index contributed by atoms with van der Waals surface area (Å²) in [6.45, 7) is 8.50. The smallest absolute Gasteiger partial charge is 0.323 e. The molecule has 1 amide bonds. The molecule has 1 aromatic heterocycles. The number of nitrogens with one attached hydrogen (secondary N) is 2. The van der Waals surface area contributed by atoms with Crippen LogP contribution in [0.5, 0.6) is 0 Å². The number of esters is 1. The lowest BCUT2D eigenvalue weighted by molar-refractivity contribution is -0.151. The largest absolute Gasteiger partial charge is 0.461 e. The van der Waals surface area contributed by atoms with Crippen LogP contribution in [-0.2, 0) is 20.9 Å². The SMILES string of the molecule is CC(=O)N1c2ccc(-c3ccc(CN[C@@H](CC(C)C)C(=O)OC4CCCC4)cc3)cc2[C@H](Nc2ccc(C#N)cn2)C[C@@H]1C. The van der Waals surface area contributed by atoms with Crippen LogP contribution in [0.2, 0.25) is 0 Å². The molecule has 0 radical (unpaired) electrons. The molecule has 3 aromatic rings. The maximum absolute atomic E-state index is 12.9. The van der Waals surface area contributed by atoms with Crippen molar-refractivity contribution in [1.29, 1.82) is 5.26 Å². The van der Waals surface area contributed by atoms with Gasteiger partial charge in [-0.15, -0.1) is 0 Å². The Balaban J connectivity index is 1.32. The van der Waals surface area contributed by atoms with Crippen LogP contribution in [0.15, 0.2) is 60.8 Å². The molecule has 44 heavy (non-hydrogen) atoms. The summed E-state index contributed by atoms with van der Waals surface area (Å²) >= 11 is 0. The van der Waals surface area contributed by atoms with Crippen molar-refractivity contribution in [2.24, 2.45) is 5.92 Å². The van der Waals surface area contributed by atoms with Gasteiger partial charge >= 0.3 is 5.97 Å². The third-order valence-electron chi connectivity index (χ3n) is 8.65. The molecule has 0 spiro atoms. The highest BCUT2D eigenvalue weighted by Crippen LogP contribution is 2.41. The van der Waals surface area contributed by atoms with Crippen molar-refractivity contribution >= 4 is 23.4 Å². The van der Waals surface area contributed by atoms with Gasteiger partial charge in [0.2, 0.25) is 5.91 Å². The second-order valence-corrected chi connectivity index (χ2v) is 12.6. The fourth-order valence-corrected chi connectivity index (χ4v) is 6.43. The van der Waals surface area contributed by atoms with E-state index in [0.717, 1.165) is 66.5 Å². The Labute approximate surface area is 260 Å². The number of carbonyl (C=O) groups excluding carboxylic acids is 2. The Bertz CT molecular complexity index is 1490. The Hall–Kier alpha value is -4.22. The quantitative estimate of drug-likeness (QED) is 0.246. The normalized spacial score (nSPS) is 18.9. The van der Waals surface area contributed by atoms with Crippen LogP contribution in [-0.4, -0.2) is 35.0 Å². The first kappa shape index (κ1) is 31.2. The van der Waals surface area contributed by atoms with E-state index in [2.05, 4.69) is 78.9 Å². The molecular formula is C36H43N5O3. The number of rotatable bonds is 10. The third kappa shape index (κ3) is 7.46. The first-order chi connectivity index (χ1) is 21.2. The molecule has 0 saturated heterocycles. The Morgan fingerprint density at radius 1 is 1.07 bits per heavy atom. The third-order valence-corrected chi connectivity index (χ3v) is 8.65. The molecular weight excluding hydrogens is 550 g/mol. The van der Waals surface area contributed by atoms with Crippen molar-refractivity contribution in [3.8, 4) is 17.2 Å². The van der Waals surface area contributed by atoms with E-state index < -0.39 is 0 Å². The number of aromatic nitrogens is 1. The van der Waals surface area contributed by atoms with Crippen molar-refractivity contribution in [2.45, 2.75) is 97.0 Å². The second kappa shape index (κ2) is 14.0. The Kier molecular flexibility index (Phi) is 9.96. The molecule has 1 aliphatic heterocycles. The van der Waals surface area contributed by atoms with Crippen LogP contribution in [0.25, 0.3) is 11.1 Å². The summed E-state index contributed by atoms with van der Waals surface area (Å²) in [5, 5.41) is 16.1. The van der Waals surface area contributed by atoms with E-state index in [1.54, 1.807) is 19.2 Å². The predicted octanol–water partition coefficient (Wildman–Crippen LogP) is 6.91. The van der Waals surface area contributed by atoms with Gasteiger partial charge in [-0.2, -0.15) is 5.26 Å². The lowest BCUT2D eigenvalue weighted by Gasteiger charge is -2.39. The number of carbonyl (C=O) groups is 2. The number of ether oxygens (including phenoxy) is 1. The average molecular weight is 594 g/mol. The van der Waals surface area contributed by atoms with E-state index in [1.165, 1.54) is 0 Å². The molecule has 1 aliphatic carbocycles. The summed E-state index contributed by atoms with van der Waals surface area (Å²) in [6.07, 6.45) is 7.31. The molecule has 2 aromatic carbocycles. The highest BCUT2D eigenvalue weighted by Gasteiger charge is 2.33. The number of pyridine rings is 1. The highest BCUT2D eigenvalue weighted by atomic mass is 16.5. The lowest BCUT2D eigenvalue weighted by atomic mass is 9.89. The van der Waals surface area contributed by atoms with Crippen LogP contribution >= 0.6 is 0 Å². The minimum atomic E-state index is -0.322. The van der Waals surface area contributed by atoms with Crippen molar-refractivity contribution in [3.63, 3.8) is 0 Å². The molecule has 8 heteroatoms. The molecule has 1 saturated carbocycles. The molecule has 0 bridgehead atoms. The lowest BCUT2D eigenvalue weighted by Crippen LogP contribution is -2.43. The molecule has 2 heterocycles. The number of benzene rings is 2. The average Bonchev–Trinajstić information content (AvgIpc) is 3.52. The first-order valence-corrected chi connectivity index (χ1v) is 15.8. The molecule has 5 rings (SSSR count). The molecule has 3 atom stereocenters. The van der Waals surface area contributed by atoms with Crippen molar-refractivity contribution < 1.29 is 14.3 Å². The van der Waals surface area contributed by atoms with Gasteiger partial charge in [-0.05, 0) is 97.9 Å². The summed E-state index contributed by atoms with van der Waals surface area (Å²) in [6, 6.07) is 20.0. The monoisotopic (exact) mass is 593 g/mol. The zero-order chi connectivity index (χ0) is 31.2. The van der Waals surface area contributed by atoms with E-state index in [9.17, 15) is 9.59 Å². The minimum absolute atomic E-state index is 0.0150. The molecule has 1 fully saturated rings. The zero-order valence-electron chi connectivity index (χ0n) is 26.2. The predicted molar refractivity (Wildman–Crippen MR) is 173 cm³/mol. The van der Waals surface area contributed by atoms with Crippen LogP contribution in [0.3, 0.4) is 0 Å². The van der Waals surface area contributed by atoms with Gasteiger partial charge in [0.05, 0.1) is 11.6 Å². The van der Waals surface area contributed by atoms with E-state index in [-0.39, 0.29) is 36.1 Å². The molecule has 2 N–H and O–H groups in total. The number of nitrogens with zero attached hydrogens (tertiary/aromatic N) is 3. The van der Waals surface area contributed by atoms with Crippen LogP contribution in [0.1, 0.15) is 89.0 Å². The fourth-order valence-electron chi connectivity index (χ4n) is 6.43. The summed E-state index contributed by atoms with van der Waals surface area (Å²) < 4.78 is 5.82. The Morgan fingerprint density at radius 2 is 1.80 bits per heavy atom. The molecule has 0 unspecified atom stereocenters. The first-order valence-electron chi connectivity index (χ1n) is 15.8. The number of hydrogen-bond donors (Lipinski definition) is 2. The maximum Gasteiger partial charge on any atom is 0.323 e.